The quantitative estimate of drug-likeness (QED) is 0.374. The van der Waals surface area contributed by atoms with Crippen LogP contribution >= 0.6 is 11.6 Å². The number of hydrogen-bond donors (Lipinski definition) is 2. The van der Waals surface area contributed by atoms with Gasteiger partial charge in [-0.3, -0.25) is 19.7 Å². The number of esters is 1. The summed E-state index contributed by atoms with van der Waals surface area (Å²) in [5, 5.41) is 16.3. The Hall–Kier alpha value is -3.46. The summed E-state index contributed by atoms with van der Waals surface area (Å²) in [4.78, 5) is 46.7. The topological polar surface area (TPSA) is 128 Å². The van der Waals surface area contributed by atoms with Gasteiger partial charge in [-0.05, 0) is 31.5 Å². The first-order valence-corrected chi connectivity index (χ1v) is 9.33. The Morgan fingerprint density at radius 2 is 1.83 bits per heavy atom. The Bertz CT molecular complexity index is 965. The standard InChI is InChI=1S/C20H20ClN3O6/c1-12(23-19(26)14-7-5-8-16(10-14)24(28)29)20(27)30-13(2)18(25)22-11-15-6-3-4-9-17(15)21/h3-10,12-13H,11H2,1-2H3,(H,22,25)(H,23,26)/t12-,13?/m0/s1. The molecule has 2 atom stereocenters. The number of rotatable bonds is 8. The molecule has 0 saturated carbocycles. The Balaban J connectivity index is 1.87. The maximum atomic E-state index is 12.2. The van der Waals surface area contributed by atoms with Crippen molar-refractivity contribution < 1.29 is 24.0 Å². The molecule has 158 valence electrons. The Labute approximate surface area is 177 Å². The molecule has 0 aliphatic rings. The minimum atomic E-state index is -1.10. The first-order chi connectivity index (χ1) is 14.2. The van der Waals surface area contributed by atoms with Crippen molar-refractivity contribution in [1.29, 1.82) is 0 Å². The second-order valence-electron chi connectivity index (χ2n) is 6.39. The van der Waals surface area contributed by atoms with Crippen LogP contribution in [0.25, 0.3) is 0 Å². The summed E-state index contributed by atoms with van der Waals surface area (Å²) in [7, 11) is 0. The van der Waals surface area contributed by atoms with Crippen molar-refractivity contribution in [2.45, 2.75) is 32.5 Å². The Kier molecular flexibility index (Phi) is 7.88. The van der Waals surface area contributed by atoms with Gasteiger partial charge in [0.1, 0.15) is 6.04 Å². The van der Waals surface area contributed by atoms with Crippen molar-refractivity contribution in [3.8, 4) is 0 Å². The van der Waals surface area contributed by atoms with Gasteiger partial charge in [0.05, 0.1) is 4.92 Å². The molecule has 2 amide bonds. The van der Waals surface area contributed by atoms with E-state index in [9.17, 15) is 24.5 Å². The maximum absolute atomic E-state index is 12.2. The van der Waals surface area contributed by atoms with Gasteiger partial charge in [-0.1, -0.05) is 35.9 Å². The fraction of sp³-hybridized carbons (Fsp3) is 0.250. The van der Waals surface area contributed by atoms with E-state index in [-0.39, 0.29) is 17.8 Å². The lowest BCUT2D eigenvalue weighted by Crippen LogP contribution is -2.43. The van der Waals surface area contributed by atoms with Gasteiger partial charge in [-0.25, -0.2) is 4.79 Å². The van der Waals surface area contributed by atoms with Crippen molar-refractivity contribution in [2.24, 2.45) is 0 Å². The van der Waals surface area contributed by atoms with Crippen LogP contribution < -0.4 is 10.6 Å². The number of nitro groups is 1. The monoisotopic (exact) mass is 433 g/mol. The molecule has 30 heavy (non-hydrogen) atoms. The molecule has 0 heterocycles. The number of amides is 2. The van der Waals surface area contributed by atoms with Crippen molar-refractivity contribution in [3.05, 3.63) is 74.8 Å². The molecule has 2 aromatic carbocycles. The molecule has 2 N–H and O–H groups in total. The highest BCUT2D eigenvalue weighted by Gasteiger charge is 2.24. The molecule has 0 aliphatic carbocycles. The van der Waals surface area contributed by atoms with Crippen LogP contribution in [0.3, 0.4) is 0 Å². The van der Waals surface area contributed by atoms with Crippen LogP contribution in [0.2, 0.25) is 5.02 Å². The third kappa shape index (κ3) is 6.28. The summed E-state index contributed by atoms with van der Waals surface area (Å²) >= 11 is 6.03. The number of halogens is 1. The van der Waals surface area contributed by atoms with Gasteiger partial charge >= 0.3 is 5.97 Å². The van der Waals surface area contributed by atoms with E-state index < -0.39 is 34.9 Å². The molecule has 0 bridgehead atoms. The van der Waals surface area contributed by atoms with E-state index in [1.807, 2.05) is 0 Å². The highest BCUT2D eigenvalue weighted by Crippen LogP contribution is 2.15. The number of nitrogens with one attached hydrogen (secondary N) is 2. The highest BCUT2D eigenvalue weighted by molar-refractivity contribution is 6.31. The smallest absolute Gasteiger partial charge is 0.329 e. The summed E-state index contributed by atoms with van der Waals surface area (Å²) in [6.07, 6.45) is -1.10. The van der Waals surface area contributed by atoms with Gasteiger partial charge in [-0.2, -0.15) is 0 Å². The average Bonchev–Trinajstić information content (AvgIpc) is 2.72. The van der Waals surface area contributed by atoms with Crippen LogP contribution in [0.15, 0.2) is 48.5 Å². The van der Waals surface area contributed by atoms with Crippen molar-refractivity contribution in [1.82, 2.24) is 10.6 Å². The van der Waals surface area contributed by atoms with E-state index in [1.165, 1.54) is 32.0 Å². The normalized spacial score (nSPS) is 12.4. The molecule has 2 aromatic rings. The minimum absolute atomic E-state index is 0.0226. The van der Waals surface area contributed by atoms with Crippen LogP contribution in [-0.4, -0.2) is 34.9 Å². The zero-order chi connectivity index (χ0) is 22.3. The Morgan fingerprint density at radius 3 is 2.50 bits per heavy atom. The SMILES string of the molecule is CC(OC(=O)[C@H](C)NC(=O)c1cccc([N+](=O)[O-])c1)C(=O)NCc1ccccc1Cl. The second-order valence-corrected chi connectivity index (χ2v) is 6.80. The van der Waals surface area contributed by atoms with E-state index in [1.54, 1.807) is 24.3 Å². The number of nitro benzene ring substituents is 1. The van der Waals surface area contributed by atoms with E-state index in [0.717, 1.165) is 6.07 Å². The molecule has 0 radical (unpaired) electrons. The third-order valence-electron chi connectivity index (χ3n) is 4.09. The predicted octanol–water partition coefficient (Wildman–Crippen LogP) is 2.61. The van der Waals surface area contributed by atoms with Crippen LogP contribution in [0.1, 0.15) is 29.8 Å². The molecule has 1 unspecified atom stereocenters. The van der Waals surface area contributed by atoms with Crippen LogP contribution in [-0.2, 0) is 20.9 Å². The van der Waals surface area contributed by atoms with Crippen molar-refractivity contribution in [3.63, 3.8) is 0 Å². The van der Waals surface area contributed by atoms with E-state index in [2.05, 4.69) is 10.6 Å². The Morgan fingerprint density at radius 1 is 1.13 bits per heavy atom. The van der Waals surface area contributed by atoms with Gasteiger partial charge in [0.2, 0.25) is 0 Å². The van der Waals surface area contributed by atoms with Gasteiger partial charge in [-0.15, -0.1) is 0 Å². The number of carbonyl (C=O) groups excluding carboxylic acids is 3. The summed E-state index contributed by atoms with van der Waals surface area (Å²) in [6.45, 7) is 2.94. The largest absolute Gasteiger partial charge is 0.451 e. The zero-order valence-electron chi connectivity index (χ0n) is 16.3. The third-order valence-corrected chi connectivity index (χ3v) is 4.46. The molecule has 0 aliphatic heterocycles. The van der Waals surface area contributed by atoms with Crippen LogP contribution in [0.5, 0.6) is 0 Å². The van der Waals surface area contributed by atoms with Gasteiger partial charge in [0.15, 0.2) is 6.10 Å². The van der Waals surface area contributed by atoms with Gasteiger partial charge < -0.3 is 15.4 Å². The number of ether oxygens (including phenoxy) is 1. The molecule has 0 fully saturated rings. The zero-order valence-corrected chi connectivity index (χ0v) is 17.0. The predicted molar refractivity (Wildman–Crippen MR) is 109 cm³/mol. The first kappa shape index (κ1) is 22.8. The number of non-ortho nitro benzene ring substituents is 1. The number of carbonyl (C=O) groups is 3. The molecule has 10 heteroatoms. The van der Waals surface area contributed by atoms with Crippen LogP contribution in [0.4, 0.5) is 5.69 Å². The molecule has 0 aromatic heterocycles. The molecule has 0 saturated heterocycles. The average molecular weight is 434 g/mol. The van der Waals surface area contributed by atoms with E-state index in [0.29, 0.717) is 10.6 Å². The molecule has 2 rings (SSSR count). The highest BCUT2D eigenvalue weighted by atomic mass is 35.5. The summed E-state index contributed by atoms with van der Waals surface area (Å²) in [6, 6.07) is 11.0. The van der Waals surface area contributed by atoms with Crippen molar-refractivity contribution >= 4 is 35.1 Å². The lowest BCUT2D eigenvalue weighted by Gasteiger charge is -2.18. The summed E-state index contributed by atoms with van der Waals surface area (Å²) in [5.74, 6) is -2.03. The summed E-state index contributed by atoms with van der Waals surface area (Å²) < 4.78 is 5.08. The lowest BCUT2D eigenvalue weighted by atomic mass is 10.2. The van der Waals surface area contributed by atoms with E-state index >= 15 is 0 Å². The van der Waals surface area contributed by atoms with Gasteiger partial charge in [0, 0.05) is 29.3 Å². The first-order valence-electron chi connectivity index (χ1n) is 8.96. The maximum Gasteiger partial charge on any atom is 0.329 e. The van der Waals surface area contributed by atoms with Crippen LogP contribution in [0, 0.1) is 10.1 Å². The van der Waals surface area contributed by atoms with Crippen molar-refractivity contribution in [2.75, 3.05) is 0 Å². The second kappa shape index (κ2) is 10.4. The molecular weight excluding hydrogens is 414 g/mol. The molecule has 0 spiro atoms. The summed E-state index contributed by atoms with van der Waals surface area (Å²) in [5.41, 5.74) is 0.486. The molecular formula is C20H20ClN3O6. The fourth-order valence-electron chi connectivity index (χ4n) is 2.40. The fourth-order valence-corrected chi connectivity index (χ4v) is 2.60. The number of nitrogens with zero attached hydrogens (tertiary/aromatic N) is 1. The number of hydrogen-bond acceptors (Lipinski definition) is 6. The minimum Gasteiger partial charge on any atom is -0.451 e. The molecule has 9 nitrogen and oxygen atoms in total. The van der Waals surface area contributed by atoms with E-state index in [4.69, 9.17) is 16.3 Å². The lowest BCUT2D eigenvalue weighted by molar-refractivity contribution is -0.384. The number of benzene rings is 2. The van der Waals surface area contributed by atoms with Gasteiger partial charge in [0.25, 0.3) is 17.5 Å².